The molecule has 4 heteroatoms. The van der Waals surface area contributed by atoms with Crippen molar-refractivity contribution in [3.05, 3.63) is 54.1 Å². The van der Waals surface area contributed by atoms with Crippen LogP contribution < -0.4 is 4.74 Å². The molecule has 1 aromatic heterocycles. The third-order valence-corrected chi connectivity index (χ3v) is 3.60. The molecule has 0 radical (unpaired) electrons. The Hall–Kier alpha value is -2.62. The fourth-order valence-electron chi connectivity index (χ4n) is 2.55. The van der Waals surface area contributed by atoms with E-state index >= 15 is 0 Å². The van der Waals surface area contributed by atoms with Crippen LogP contribution in [0, 0.1) is 0 Å². The fraction of sp³-hybridized carbons (Fsp3) is 0.125. The Bertz CT molecular complexity index is 775. The third-order valence-electron chi connectivity index (χ3n) is 3.60. The van der Waals surface area contributed by atoms with Crippen molar-refractivity contribution in [3.8, 4) is 28.5 Å². The summed E-state index contributed by atoms with van der Waals surface area (Å²) in [5, 5.41) is 4.60. The zero-order chi connectivity index (χ0) is 13.5. The van der Waals surface area contributed by atoms with Gasteiger partial charge < -0.3 is 4.74 Å². The molecule has 1 aliphatic rings. The van der Waals surface area contributed by atoms with Gasteiger partial charge in [0.2, 0.25) is 0 Å². The first kappa shape index (κ1) is 11.2. The van der Waals surface area contributed by atoms with Crippen LogP contribution in [-0.4, -0.2) is 21.9 Å². The highest BCUT2D eigenvalue weighted by molar-refractivity contribution is 5.67. The molecule has 0 unspecified atom stereocenters. The molecule has 4 rings (SSSR count). The minimum atomic E-state index is 0.761. The average Bonchev–Trinajstić information content (AvgIpc) is 3.05. The molecule has 0 N–H and O–H groups in total. The molecule has 3 aromatic rings. The second-order valence-electron chi connectivity index (χ2n) is 4.80. The summed E-state index contributed by atoms with van der Waals surface area (Å²) in [6.45, 7) is 0.800. The Morgan fingerprint density at radius 2 is 1.85 bits per heavy atom. The van der Waals surface area contributed by atoms with Gasteiger partial charge in [0.05, 0.1) is 13.7 Å². The SMILES string of the molecule is COc1ccc(-c2nc3n(n2)Cc2ccccc2-3)cc1. The van der Waals surface area contributed by atoms with Crippen molar-refractivity contribution in [2.24, 2.45) is 0 Å². The van der Waals surface area contributed by atoms with Crippen molar-refractivity contribution in [1.29, 1.82) is 0 Å². The minimum Gasteiger partial charge on any atom is -0.497 e. The van der Waals surface area contributed by atoms with E-state index < -0.39 is 0 Å². The van der Waals surface area contributed by atoms with E-state index in [0.717, 1.165) is 29.5 Å². The Kier molecular flexibility index (Phi) is 2.36. The molecular weight excluding hydrogens is 250 g/mol. The summed E-state index contributed by atoms with van der Waals surface area (Å²) >= 11 is 0. The van der Waals surface area contributed by atoms with Crippen LogP contribution in [0.25, 0.3) is 22.8 Å². The van der Waals surface area contributed by atoms with Gasteiger partial charge in [0.25, 0.3) is 0 Å². The predicted octanol–water partition coefficient (Wildman–Crippen LogP) is 2.98. The van der Waals surface area contributed by atoms with Crippen LogP contribution >= 0.6 is 0 Å². The van der Waals surface area contributed by atoms with Gasteiger partial charge in [0, 0.05) is 11.1 Å². The van der Waals surface area contributed by atoms with E-state index in [-0.39, 0.29) is 0 Å². The lowest BCUT2D eigenvalue weighted by Crippen LogP contribution is -1.95. The summed E-state index contributed by atoms with van der Waals surface area (Å²) < 4.78 is 7.13. The van der Waals surface area contributed by atoms with Crippen LogP contribution in [0.15, 0.2) is 48.5 Å². The lowest BCUT2D eigenvalue weighted by atomic mass is 10.1. The second kappa shape index (κ2) is 4.20. The zero-order valence-electron chi connectivity index (χ0n) is 11.1. The van der Waals surface area contributed by atoms with Crippen LogP contribution in [-0.2, 0) is 6.54 Å². The fourth-order valence-corrected chi connectivity index (χ4v) is 2.55. The Morgan fingerprint density at radius 1 is 1.05 bits per heavy atom. The molecule has 20 heavy (non-hydrogen) atoms. The van der Waals surface area contributed by atoms with Gasteiger partial charge in [-0.2, -0.15) is 5.10 Å². The van der Waals surface area contributed by atoms with Crippen LogP contribution in [0.2, 0.25) is 0 Å². The largest absolute Gasteiger partial charge is 0.497 e. The molecule has 0 saturated heterocycles. The van der Waals surface area contributed by atoms with Gasteiger partial charge >= 0.3 is 0 Å². The average molecular weight is 263 g/mol. The van der Waals surface area contributed by atoms with Gasteiger partial charge in [0.15, 0.2) is 11.6 Å². The molecule has 4 nitrogen and oxygen atoms in total. The molecule has 0 spiro atoms. The van der Waals surface area contributed by atoms with Crippen LogP contribution in [0.1, 0.15) is 5.56 Å². The molecule has 0 atom stereocenters. The van der Waals surface area contributed by atoms with E-state index in [0.29, 0.717) is 0 Å². The highest BCUT2D eigenvalue weighted by atomic mass is 16.5. The monoisotopic (exact) mass is 263 g/mol. The van der Waals surface area contributed by atoms with E-state index in [1.807, 2.05) is 35.0 Å². The van der Waals surface area contributed by atoms with E-state index in [4.69, 9.17) is 4.74 Å². The topological polar surface area (TPSA) is 39.9 Å². The van der Waals surface area contributed by atoms with E-state index in [9.17, 15) is 0 Å². The van der Waals surface area contributed by atoms with Crippen molar-refractivity contribution in [2.45, 2.75) is 6.54 Å². The molecular formula is C16H13N3O. The number of aromatic nitrogens is 3. The van der Waals surface area contributed by atoms with Crippen molar-refractivity contribution in [1.82, 2.24) is 14.8 Å². The number of fused-ring (bicyclic) bond motifs is 3. The molecule has 2 heterocycles. The van der Waals surface area contributed by atoms with E-state index in [1.54, 1.807) is 7.11 Å². The smallest absolute Gasteiger partial charge is 0.181 e. The van der Waals surface area contributed by atoms with Gasteiger partial charge in [-0.3, -0.25) is 0 Å². The zero-order valence-corrected chi connectivity index (χ0v) is 11.1. The number of nitrogens with zero attached hydrogens (tertiary/aromatic N) is 3. The molecule has 0 amide bonds. The summed E-state index contributed by atoms with van der Waals surface area (Å²) in [7, 11) is 1.66. The van der Waals surface area contributed by atoms with Gasteiger partial charge in [-0.25, -0.2) is 9.67 Å². The Balaban J connectivity index is 1.76. The molecule has 0 bridgehead atoms. The van der Waals surface area contributed by atoms with Crippen molar-refractivity contribution < 1.29 is 4.74 Å². The summed E-state index contributed by atoms with van der Waals surface area (Å²) in [6.07, 6.45) is 0. The first-order valence-electron chi connectivity index (χ1n) is 6.53. The van der Waals surface area contributed by atoms with E-state index in [2.05, 4.69) is 28.3 Å². The maximum absolute atomic E-state index is 5.17. The summed E-state index contributed by atoms with van der Waals surface area (Å²) in [5.74, 6) is 2.55. The standard InChI is InChI=1S/C16H13N3O/c1-20-13-8-6-11(7-9-13)15-17-16-14-5-3-2-4-12(14)10-19(16)18-15/h2-9H,10H2,1H3. The number of hydrogen-bond acceptors (Lipinski definition) is 3. The van der Waals surface area contributed by atoms with Crippen molar-refractivity contribution >= 4 is 0 Å². The molecule has 2 aromatic carbocycles. The maximum atomic E-state index is 5.17. The number of benzene rings is 2. The molecule has 0 saturated carbocycles. The maximum Gasteiger partial charge on any atom is 0.181 e. The lowest BCUT2D eigenvalue weighted by molar-refractivity contribution is 0.415. The first-order chi connectivity index (χ1) is 9.85. The lowest BCUT2D eigenvalue weighted by Gasteiger charge is -2.00. The first-order valence-corrected chi connectivity index (χ1v) is 6.53. The predicted molar refractivity (Wildman–Crippen MR) is 76.5 cm³/mol. The second-order valence-corrected chi connectivity index (χ2v) is 4.80. The quantitative estimate of drug-likeness (QED) is 0.558. The highest BCUT2D eigenvalue weighted by Gasteiger charge is 2.22. The van der Waals surface area contributed by atoms with E-state index in [1.165, 1.54) is 11.1 Å². The molecule has 98 valence electrons. The van der Waals surface area contributed by atoms with Crippen LogP contribution in [0.5, 0.6) is 5.75 Å². The summed E-state index contributed by atoms with van der Waals surface area (Å²) in [5.41, 5.74) is 3.47. The highest BCUT2D eigenvalue weighted by Crippen LogP contribution is 2.31. The number of methoxy groups -OCH3 is 1. The molecule has 0 fully saturated rings. The molecule has 1 aliphatic heterocycles. The van der Waals surface area contributed by atoms with Gasteiger partial charge in [-0.05, 0) is 29.8 Å². The van der Waals surface area contributed by atoms with Crippen molar-refractivity contribution in [2.75, 3.05) is 7.11 Å². The molecule has 0 aliphatic carbocycles. The van der Waals surface area contributed by atoms with Gasteiger partial charge in [-0.1, -0.05) is 24.3 Å². The minimum absolute atomic E-state index is 0.761. The Morgan fingerprint density at radius 3 is 2.65 bits per heavy atom. The van der Waals surface area contributed by atoms with Crippen molar-refractivity contribution in [3.63, 3.8) is 0 Å². The summed E-state index contributed by atoms with van der Waals surface area (Å²) in [6, 6.07) is 16.1. The van der Waals surface area contributed by atoms with Gasteiger partial charge in [-0.15, -0.1) is 0 Å². The number of hydrogen-bond donors (Lipinski definition) is 0. The summed E-state index contributed by atoms with van der Waals surface area (Å²) in [4.78, 5) is 4.67. The third kappa shape index (κ3) is 1.61. The normalized spacial score (nSPS) is 12.1. The Labute approximate surface area is 116 Å². The number of ether oxygens (including phenoxy) is 1. The van der Waals surface area contributed by atoms with Gasteiger partial charge in [0.1, 0.15) is 5.75 Å². The van der Waals surface area contributed by atoms with Crippen LogP contribution in [0.3, 0.4) is 0 Å². The number of rotatable bonds is 2. The van der Waals surface area contributed by atoms with Crippen LogP contribution in [0.4, 0.5) is 0 Å².